The second kappa shape index (κ2) is 8.80. The lowest BCUT2D eigenvalue weighted by molar-refractivity contribution is -0.119. The molecule has 0 fully saturated rings. The quantitative estimate of drug-likeness (QED) is 0.798. The number of amides is 1. The first-order valence-corrected chi connectivity index (χ1v) is 7.71. The molecule has 4 nitrogen and oxygen atoms in total. The molecule has 0 atom stereocenters. The zero-order valence-corrected chi connectivity index (χ0v) is 13.4. The van der Waals surface area contributed by atoms with Crippen LogP contribution >= 0.6 is 12.2 Å². The lowest BCUT2D eigenvalue weighted by Gasteiger charge is -2.09. The molecule has 0 radical (unpaired) electrons. The smallest absolute Gasteiger partial charge is 0.230 e. The summed E-state index contributed by atoms with van der Waals surface area (Å²) < 4.78 is 0. The Morgan fingerprint density at radius 1 is 0.826 bits per heavy atom. The fourth-order valence-electron chi connectivity index (χ4n) is 2.06. The molecule has 0 unspecified atom stereocenters. The van der Waals surface area contributed by atoms with E-state index in [0.29, 0.717) is 6.42 Å². The zero-order valence-electron chi connectivity index (χ0n) is 12.6. The van der Waals surface area contributed by atoms with Crippen molar-refractivity contribution in [2.45, 2.75) is 12.8 Å². The summed E-state index contributed by atoms with van der Waals surface area (Å²) in [5, 5.41) is 5.52. The van der Waals surface area contributed by atoms with Gasteiger partial charge in [-0.05, 0) is 23.3 Å². The van der Waals surface area contributed by atoms with E-state index >= 15 is 0 Å². The average Bonchev–Trinajstić information content (AvgIpc) is 2.55. The van der Waals surface area contributed by atoms with Crippen LogP contribution in [0.3, 0.4) is 0 Å². The fourth-order valence-corrected chi connectivity index (χ4v) is 2.25. The van der Waals surface area contributed by atoms with Crippen LogP contribution in [-0.2, 0) is 22.4 Å². The van der Waals surface area contributed by atoms with Crippen LogP contribution in [0, 0.1) is 0 Å². The van der Waals surface area contributed by atoms with Gasteiger partial charge >= 0.3 is 0 Å². The predicted molar refractivity (Wildman–Crippen MR) is 94.0 cm³/mol. The Balaban J connectivity index is 1.70. The highest BCUT2D eigenvalue weighted by Gasteiger charge is 2.08. The van der Waals surface area contributed by atoms with E-state index in [9.17, 15) is 9.59 Å². The maximum atomic E-state index is 11.9. The van der Waals surface area contributed by atoms with E-state index in [1.54, 1.807) is 0 Å². The molecule has 2 N–H and O–H groups in total. The Kier molecular flexibility index (Phi) is 6.44. The first kappa shape index (κ1) is 16.8. The van der Waals surface area contributed by atoms with Crippen LogP contribution in [0.1, 0.15) is 11.1 Å². The number of rotatable bonds is 6. The van der Waals surface area contributed by atoms with Gasteiger partial charge in [0.25, 0.3) is 0 Å². The van der Waals surface area contributed by atoms with E-state index in [-0.39, 0.29) is 29.8 Å². The van der Waals surface area contributed by atoms with Crippen LogP contribution in [0.5, 0.6) is 0 Å². The number of nitrogens with one attached hydrogen (secondary N) is 2. The van der Waals surface area contributed by atoms with Gasteiger partial charge < -0.3 is 10.6 Å². The first-order valence-electron chi connectivity index (χ1n) is 7.31. The number of ketones is 1. The van der Waals surface area contributed by atoms with Gasteiger partial charge in [-0.15, -0.1) is 0 Å². The van der Waals surface area contributed by atoms with Crippen molar-refractivity contribution in [1.82, 2.24) is 10.6 Å². The molecule has 118 valence electrons. The van der Waals surface area contributed by atoms with E-state index in [1.165, 1.54) is 0 Å². The molecule has 0 saturated heterocycles. The number of hydrogen-bond acceptors (Lipinski definition) is 3. The topological polar surface area (TPSA) is 58.2 Å². The summed E-state index contributed by atoms with van der Waals surface area (Å²) in [7, 11) is 0. The SMILES string of the molecule is O=C(CNC(=S)NC(=O)Cc1ccccc1)Cc1ccccc1. The van der Waals surface area contributed by atoms with E-state index in [0.717, 1.165) is 11.1 Å². The molecular formula is C18H18N2O2S. The molecule has 1 amide bonds. The third-order valence-electron chi connectivity index (χ3n) is 3.15. The van der Waals surface area contributed by atoms with Crippen molar-refractivity contribution >= 4 is 29.0 Å². The van der Waals surface area contributed by atoms with Crippen LogP contribution in [-0.4, -0.2) is 23.3 Å². The summed E-state index contributed by atoms with van der Waals surface area (Å²) in [5.41, 5.74) is 1.87. The lowest BCUT2D eigenvalue weighted by Crippen LogP contribution is -2.42. The number of Topliss-reactive ketones (excluding diaryl/α,β-unsaturated/α-hetero) is 1. The monoisotopic (exact) mass is 326 g/mol. The van der Waals surface area contributed by atoms with E-state index in [4.69, 9.17) is 12.2 Å². The van der Waals surface area contributed by atoms with Crippen molar-refractivity contribution in [3.8, 4) is 0 Å². The molecular weight excluding hydrogens is 308 g/mol. The summed E-state index contributed by atoms with van der Waals surface area (Å²) in [6.45, 7) is 0.0966. The third-order valence-corrected chi connectivity index (χ3v) is 3.40. The minimum Gasteiger partial charge on any atom is -0.355 e. The van der Waals surface area contributed by atoms with E-state index in [1.807, 2.05) is 60.7 Å². The van der Waals surface area contributed by atoms with Gasteiger partial charge in [0.15, 0.2) is 10.9 Å². The largest absolute Gasteiger partial charge is 0.355 e. The molecule has 0 bridgehead atoms. The Labute approximate surface area is 140 Å². The molecule has 2 rings (SSSR count). The highest BCUT2D eigenvalue weighted by molar-refractivity contribution is 7.80. The van der Waals surface area contributed by atoms with Gasteiger partial charge in [0.05, 0.1) is 13.0 Å². The summed E-state index contributed by atoms with van der Waals surface area (Å²) in [5.74, 6) is -0.194. The minimum atomic E-state index is -0.204. The first-order chi connectivity index (χ1) is 11.1. The predicted octanol–water partition coefficient (Wildman–Crippen LogP) is 2.03. The van der Waals surface area contributed by atoms with E-state index < -0.39 is 0 Å². The van der Waals surface area contributed by atoms with Gasteiger partial charge in [-0.1, -0.05) is 60.7 Å². The van der Waals surface area contributed by atoms with Crippen molar-refractivity contribution in [2.75, 3.05) is 6.54 Å². The van der Waals surface area contributed by atoms with Gasteiger partial charge in [0.2, 0.25) is 5.91 Å². The normalized spacial score (nSPS) is 9.91. The van der Waals surface area contributed by atoms with Gasteiger partial charge in [-0.3, -0.25) is 9.59 Å². The molecule has 0 aliphatic rings. The molecule has 0 saturated carbocycles. The zero-order chi connectivity index (χ0) is 16.5. The second-order valence-corrected chi connectivity index (χ2v) is 5.50. The fraction of sp³-hybridized carbons (Fsp3) is 0.167. The van der Waals surface area contributed by atoms with E-state index in [2.05, 4.69) is 10.6 Å². The van der Waals surface area contributed by atoms with Gasteiger partial charge in [0, 0.05) is 6.42 Å². The minimum absolute atomic E-state index is 0.0101. The maximum Gasteiger partial charge on any atom is 0.230 e. The van der Waals surface area contributed by atoms with Gasteiger partial charge in [-0.25, -0.2) is 0 Å². The number of benzene rings is 2. The molecule has 0 heterocycles. The van der Waals surface area contributed by atoms with Crippen molar-refractivity contribution in [3.63, 3.8) is 0 Å². The molecule has 2 aromatic rings. The second-order valence-electron chi connectivity index (χ2n) is 5.09. The van der Waals surface area contributed by atoms with Crippen LogP contribution in [0.2, 0.25) is 0 Å². The van der Waals surface area contributed by atoms with Gasteiger partial charge in [0.1, 0.15) is 0 Å². The van der Waals surface area contributed by atoms with Crippen molar-refractivity contribution in [1.29, 1.82) is 0 Å². The Morgan fingerprint density at radius 3 is 1.91 bits per heavy atom. The molecule has 2 aromatic carbocycles. The van der Waals surface area contributed by atoms with Crippen molar-refractivity contribution in [3.05, 3.63) is 71.8 Å². The molecule has 23 heavy (non-hydrogen) atoms. The lowest BCUT2D eigenvalue weighted by atomic mass is 10.1. The summed E-state index contributed by atoms with van der Waals surface area (Å²) in [4.78, 5) is 23.7. The molecule has 0 aromatic heterocycles. The Hall–Kier alpha value is -2.53. The number of hydrogen-bond donors (Lipinski definition) is 2. The Morgan fingerprint density at radius 2 is 1.35 bits per heavy atom. The maximum absolute atomic E-state index is 11.9. The number of thiocarbonyl (C=S) groups is 1. The molecule has 5 heteroatoms. The van der Waals surface area contributed by atoms with Crippen LogP contribution < -0.4 is 10.6 Å². The Bertz CT molecular complexity index is 672. The summed E-state index contributed by atoms with van der Waals surface area (Å²) >= 11 is 5.03. The van der Waals surface area contributed by atoms with Crippen LogP contribution in [0.4, 0.5) is 0 Å². The van der Waals surface area contributed by atoms with Gasteiger partial charge in [-0.2, -0.15) is 0 Å². The summed E-state index contributed by atoms with van der Waals surface area (Å²) in [6.07, 6.45) is 0.592. The number of carbonyl (C=O) groups is 2. The molecule has 0 aliphatic heterocycles. The van der Waals surface area contributed by atoms with Crippen LogP contribution in [0.25, 0.3) is 0 Å². The van der Waals surface area contributed by atoms with Crippen molar-refractivity contribution < 1.29 is 9.59 Å². The molecule has 0 aliphatic carbocycles. The summed E-state index contributed by atoms with van der Waals surface area (Å²) in [6, 6.07) is 18.9. The third kappa shape index (κ3) is 6.40. The average molecular weight is 326 g/mol. The highest BCUT2D eigenvalue weighted by atomic mass is 32.1. The van der Waals surface area contributed by atoms with Crippen molar-refractivity contribution in [2.24, 2.45) is 0 Å². The standard InChI is InChI=1S/C18H18N2O2S/c21-16(11-14-7-3-1-4-8-14)13-19-18(23)20-17(22)12-15-9-5-2-6-10-15/h1-10H,11-13H2,(H2,19,20,22,23). The van der Waals surface area contributed by atoms with Crippen LogP contribution in [0.15, 0.2) is 60.7 Å². The number of carbonyl (C=O) groups excluding carboxylic acids is 2. The molecule has 0 spiro atoms. The highest BCUT2D eigenvalue weighted by Crippen LogP contribution is 2.00.